The highest BCUT2D eigenvalue weighted by atomic mass is 16.6. The van der Waals surface area contributed by atoms with E-state index in [1.807, 2.05) is 78.9 Å². The maximum Gasteiger partial charge on any atom is 0.407 e. The van der Waals surface area contributed by atoms with Crippen LogP contribution in [-0.4, -0.2) is 158 Å². The minimum atomic E-state index is -0.760. The molecule has 71 heavy (non-hydrogen) atoms. The predicted molar refractivity (Wildman–Crippen MR) is 271 cm³/mol. The number of hydrogen-bond donors (Lipinski definition) is 1. The van der Waals surface area contributed by atoms with Gasteiger partial charge in [0.15, 0.2) is 0 Å². The topological polar surface area (TPSA) is 140 Å². The van der Waals surface area contributed by atoms with Gasteiger partial charge in [0.2, 0.25) is 0 Å². The van der Waals surface area contributed by atoms with Gasteiger partial charge in [-0.1, -0.05) is 140 Å². The summed E-state index contributed by atoms with van der Waals surface area (Å²) < 4.78 is 68.4. The van der Waals surface area contributed by atoms with E-state index in [9.17, 15) is 4.79 Å². The molecule has 1 amide bonds. The summed E-state index contributed by atoms with van der Waals surface area (Å²) in [5.41, 5.74) is 7.23. The molecule has 14 nitrogen and oxygen atoms in total. The molecule has 0 radical (unpaired) electrons. The molecule has 0 spiro atoms. The molecule has 0 aromatic heterocycles. The second kappa shape index (κ2) is 34.3. The first kappa shape index (κ1) is 55.2. The molecule has 1 N–H and O–H groups in total. The van der Waals surface area contributed by atoms with Gasteiger partial charge in [0.05, 0.1) is 132 Å². The van der Waals surface area contributed by atoms with Crippen molar-refractivity contribution in [2.45, 2.75) is 17.9 Å². The van der Waals surface area contributed by atoms with E-state index in [4.69, 9.17) is 56.8 Å². The van der Waals surface area contributed by atoms with E-state index < -0.39 is 11.7 Å². The van der Waals surface area contributed by atoms with Gasteiger partial charge >= 0.3 is 6.09 Å². The molecule has 6 rings (SSSR count). The van der Waals surface area contributed by atoms with Crippen LogP contribution in [0.5, 0.6) is 0 Å². The third-order valence-corrected chi connectivity index (χ3v) is 11.5. The molecule has 0 heterocycles. The minimum Gasteiger partial charge on any atom is -0.449 e. The number of ether oxygens (including phenoxy) is 12. The van der Waals surface area contributed by atoms with Crippen molar-refractivity contribution in [1.29, 1.82) is 0 Å². The smallest absolute Gasteiger partial charge is 0.407 e. The summed E-state index contributed by atoms with van der Waals surface area (Å²) in [4.78, 5) is 12.3. The normalized spacial score (nSPS) is 12.2. The summed E-state index contributed by atoms with van der Waals surface area (Å²) in [5, 5.41) is 2.81. The van der Waals surface area contributed by atoms with Crippen LogP contribution >= 0.6 is 0 Å². The van der Waals surface area contributed by atoms with Gasteiger partial charge in [0, 0.05) is 19.1 Å². The standard InChI is InChI=1S/C57H73NO13/c59-56(70-47-55-53-23-12-10-21-51(53)52-22-11-13-24-54(52)55)58-25-14-26-60-27-28-61-29-30-62-31-32-63-33-34-64-35-36-65-37-38-66-39-40-67-41-42-68-43-44-69-45-46-71-57(48-15-4-1-5-16-48,49-17-6-2-7-18-49)50-19-8-3-9-20-50/h1-13,15-24,55H,14,25-47H2,(H,58,59). The van der Waals surface area contributed by atoms with Crippen LogP contribution in [0.3, 0.4) is 0 Å². The lowest BCUT2D eigenvalue weighted by molar-refractivity contribution is -0.0399. The zero-order valence-electron chi connectivity index (χ0n) is 41.1. The van der Waals surface area contributed by atoms with Crippen LogP contribution in [-0.2, 0) is 62.4 Å². The highest BCUT2D eigenvalue weighted by molar-refractivity contribution is 5.79. The van der Waals surface area contributed by atoms with Crippen LogP contribution in [0.15, 0.2) is 140 Å². The van der Waals surface area contributed by atoms with E-state index in [1.54, 1.807) is 0 Å². The Morgan fingerprint density at radius 2 is 0.662 bits per heavy atom. The van der Waals surface area contributed by atoms with Crippen LogP contribution in [0.2, 0.25) is 0 Å². The van der Waals surface area contributed by atoms with Crippen molar-refractivity contribution in [2.24, 2.45) is 0 Å². The first-order valence-electron chi connectivity index (χ1n) is 24.9. The maximum atomic E-state index is 12.3. The van der Waals surface area contributed by atoms with Gasteiger partial charge in [-0.15, -0.1) is 0 Å². The van der Waals surface area contributed by atoms with Gasteiger partial charge < -0.3 is 62.2 Å². The van der Waals surface area contributed by atoms with Crippen LogP contribution < -0.4 is 5.32 Å². The minimum absolute atomic E-state index is 0.0446. The number of amides is 1. The van der Waals surface area contributed by atoms with Gasteiger partial charge in [-0.3, -0.25) is 0 Å². The summed E-state index contributed by atoms with van der Waals surface area (Å²) in [7, 11) is 0. The van der Waals surface area contributed by atoms with E-state index in [0.717, 1.165) is 16.7 Å². The molecular formula is C57H73NO13. The SMILES string of the molecule is O=C(NCCCOCCOCCOCCOCCOCCOCCOCCOCCOCCOCCOC(c1ccccc1)(c1ccccc1)c1ccccc1)OCC1c2ccccc2-c2ccccc21. The Hall–Kier alpha value is -5.07. The molecule has 384 valence electrons. The molecule has 14 heteroatoms. The average molecular weight is 980 g/mol. The van der Waals surface area contributed by atoms with E-state index in [0.29, 0.717) is 158 Å². The lowest BCUT2D eigenvalue weighted by Crippen LogP contribution is -2.34. The Bertz CT molecular complexity index is 1990. The van der Waals surface area contributed by atoms with Crippen molar-refractivity contribution in [3.63, 3.8) is 0 Å². The zero-order chi connectivity index (χ0) is 49.1. The number of hydrogen-bond acceptors (Lipinski definition) is 13. The quantitative estimate of drug-likeness (QED) is 0.0299. The predicted octanol–water partition coefficient (Wildman–Crippen LogP) is 8.09. The molecule has 0 fully saturated rings. The van der Waals surface area contributed by atoms with Crippen LogP contribution in [0.4, 0.5) is 4.79 Å². The second-order valence-electron chi connectivity index (χ2n) is 16.4. The van der Waals surface area contributed by atoms with Crippen molar-refractivity contribution < 1.29 is 61.6 Å². The average Bonchev–Trinajstić information content (AvgIpc) is 3.74. The molecule has 0 aliphatic heterocycles. The summed E-state index contributed by atoms with van der Waals surface area (Å²) in [6, 6.07) is 47.6. The van der Waals surface area contributed by atoms with Crippen LogP contribution in [0, 0.1) is 0 Å². The summed E-state index contributed by atoms with van der Waals surface area (Å²) >= 11 is 0. The first-order chi connectivity index (χ1) is 35.3. The monoisotopic (exact) mass is 980 g/mol. The van der Waals surface area contributed by atoms with Crippen molar-refractivity contribution in [3.8, 4) is 11.1 Å². The third kappa shape index (κ3) is 19.5. The molecular weight excluding hydrogens is 907 g/mol. The second-order valence-corrected chi connectivity index (χ2v) is 16.4. The highest BCUT2D eigenvalue weighted by Crippen LogP contribution is 2.44. The van der Waals surface area contributed by atoms with Crippen molar-refractivity contribution >= 4 is 6.09 Å². The van der Waals surface area contributed by atoms with Gasteiger partial charge in [-0.2, -0.15) is 0 Å². The first-order valence-corrected chi connectivity index (χ1v) is 24.9. The van der Waals surface area contributed by atoms with Gasteiger partial charge in [-0.25, -0.2) is 4.79 Å². The van der Waals surface area contributed by atoms with Crippen molar-refractivity contribution in [2.75, 3.05) is 152 Å². The summed E-state index contributed by atoms with van der Waals surface area (Å²) in [5.74, 6) is 0.0446. The number of rotatable bonds is 40. The number of benzene rings is 5. The van der Waals surface area contributed by atoms with E-state index in [2.05, 4.69) is 66.0 Å². The number of nitrogens with one attached hydrogen (secondary N) is 1. The van der Waals surface area contributed by atoms with Crippen molar-refractivity contribution in [3.05, 3.63) is 167 Å². The number of carbonyl (C=O) groups is 1. The fourth-order valence-electron chi connectivity index (χ4n) is 8.12. The van der Waals surface area contributed by atoms with Crippen molar-refractivity contribution in [1.82, 2.24) is 5.32 Å². The molecule has 5 aromatic rings. The van der Waals surface area contributed by atoms with Crippen LogP contribution in [0.25, 0.3) is 11.1 Å². The molecule has 1 aliphatic carbocycles. The van der Waals surface area contributed by atoms with Gasteiger partial charge in [0.1, 0.15) is 12.2 Å². The maximum absolute atomic E-state index is 12.3. The number of alkyl carbamates (subject to hydrolysis) is 1. The van der Waals surface area contributed by atoms with E-state index >= 15 is 0 Å². The molecule has 0 saturated heterocycles. The van der Waals surface area contributed by atoms with Gasteiger partial charge in [-0.05, 0) is 45.4 Å². The summed E-state index contributed by atoms with van der Waals surface area (Å²) in [6.07, 6.45) is 0.263. The molecule has 0 atom stereocenters. The fraction of sp³-hybridized carbons (Fsp3) is 0.456. The van der Waals surface area contributed by atoms with E-state index in [-0.39, 0.29) is 5.92 Å². The molecule has 0 unspecified atom stereocenters. The lowest BCUT2D eigenvalue weighted by atomic mass is 9.80. The fourth-order valence-corrected chi connectivity index (χ4v) is 8.12. The third-order valence-electron chi connectivity index (χ3n) is 11.5. The highest BCUT2D eigenvalue weighted by Gasteiger charge is 2.37. The zero-order valence-corrected chi connectivity index (χ0v) is 41.1. The Labute approximate surface area is 420 Å². The van der Waals surface area contributed by atoms with Crippen LogP contribution in [0.1, 0.15) is 40.2 Å². The Kier molecular flexibility index (Phi) is 26.7. The van der Waals surface area contributed by atoms with E-state index in [1.165, 1.54) is 22.3 Å². The summed E-state index contributed by atoms with van der Waals surface area (Å²) in [6.45, 7) is 10.8. The molecule has 1 aliphatic rings. The number of fused-ring (bicyclic) bond motifs is 3. The largest absolute Gasteiger partial charge is 0.449 e. The lowest BCUT2D eigenvalue weighted by Gasteiger charge is -2.36. The van der Waals surface area contributed by atoms with Gasteiger partial charge in [0.25, 0.3) is 0 Å². The Balaban J connectivity index is 0.623. The molecule has 0 bridgehead atoms. The number of carbonyl (C=O) groups excluding carboxylic acids is 1. The molecule has 5 aromatic carbocycles. The Morgan fingerprint density at radius 3 is 1.01 bits per heavy atom. The molecule has 0 saturated carbocycles. The Morgan fingerprint density at radius 1 is 0.366 bits per heavy atom.